The lowest BCUT2D eigenvalue weighted by atomic mass is 9.73. The molecule has 4 N–H and O–H groups in total. The summed E-state index contributed by atoms with van der Waals surface area (Å²) < 4.78 is 25.1. The van der Waals surface area contributed by atoms with Crippen LogP contribution in [0.3, 0.4) is 0 Å². The van der Waals surface area contributed by atoms with E-state index in [4.69, 9.17) is 15.2 Å². The van der Waals surface area contributed by atoms with Crippen molar-refractivity contribution in [3.05, 3.63) is 59.9 Å². The number of para-hydroxylation sites is 1. The molecule has 0 spiro atoms. The molecule has 2 aromatic rings. The van der Waals surface area contributed by atoms with Crippen LogP contribution in [0.4, 0.5) is 9.18 Å². The van der Waals surface area contributed by atoms with Gasteiger partial charge in [-0.2, -0.15) is 0 Å². The molecule has 9 heteroatoms. The first-order valence-corrected chi connectivity index (χ1v) is 13.0. The highest BCUT2D eigenvalue weighted by atomic mass is 19.1. The first kappa shape index (κ1) is 27.3. The number of β-amino-alcohol motifs (C(OH)–C–C–N with tert-alkyl or cyclic N) is 1. The van der Waals surface area contributed by atoms with Crippen molar-refractivity contribution in [1.29, 1.82) is 0 Å². The molecule has 0 bridgehead atoms. The molecule has 0 aliphatic carbocycles. The highest BCUT2D eigenvalue weighted by molar-refractivity contribution is 5.75. The van der Waals surface area contributed by atoms with Crippen LogP contribution in [0.5, 0.6) is 11.5 Å². The zero-order chi connectivity index (χ0) is 26.4. The van der Waals surface area contributed by atoms with Crippen LogP contribution in [-0.4, -0.2) is 78.1 Å². The number of amides is 2. The van der Waals surface area contributed by atoms with E-state index in [1.54, 1.807) is 35.1 Å². The van der Waals surface area contributed by atoms with E-state index < -0.39 is 23.6 Å². The molecule has 37 heavy (non-hydrogen) atoms. The largest absolute Gasteiger partial charge is 0.457 e. The third kappa shape index (κ3) is 6.41. The smallest absolute Gasteiger partial charge is 0.320 e. The summed E-state index contributed by atoms with van der Waals surface area (Å²) in [6.45, 7) is 2.07. The van der Waals surface area contributed by atoms with Crippen LogP contribution in [0, 0.1) is 11.7 Å². The molecule has 2 saturated heterocycles. The summed E-state index contributed by atoms with van der Waals surface area (Å²) in [4.78, 5) is 16.6. The van der Waals surface area contributed by atoms with Gasteiger partial charge in [0.05, 0.1) is 11.7 Å². The lowest BCUT2D eigenvalue weighted by molar-refractivity contribution is -0.0587. The maximum absolute atomic E-state index is 13.8. The van der Waals surface area contributed by atoms with Crippen LogP contribution in [0.25, 0.3) is 0 Å². The van der Waals surface area contributed by atoms with Crippen molar-refractivity contribution in [2.24, 2.45) is 11.7 Å². The van der Waals surface area contributed by atoms with Gasteiger partial charge in [-0.25, -0.2) is 9.18 Å². The molecular weight excluding hydrogens is 477 g/mol. The average Bonchev–Trinajstić information content (AvgIpc) is 3.24. The number of ether oxygens (including phenoxy) is 2. The van der Waals surface area contributed by atoms with Crippen LogP contribution in [0.1, 0.15) is 37.7 Å². The molecule has 4 rings (SSSR count). The summed E-state index contributed by atoms with van der Waals surface area (Å²) in [6.07, 6.45) is 2.71. The molecule has 2 fully saturated rings. The quantitative estimate of drug-likeness (QED) is 0.442. The monoisotopic (exact) mass is 515 g/mol. The predicted octanol–water partition coefficient (Wildman–Crippen LogP) is 3.46. The number of unbranched alkanes of at least 4 members (excludes halogenated alkanes) is 1. The highest BCUT2D eigenvalue weighted by Gasteiger charge is 2.44. The highest BCUT2D eigenvalue weighted by Crippen LogP contribution is 2.44. The maximum atomic E-state index is 13.8. The van der Waals surface area contributed by atoms with Gasteiger partial charge in [0.1, 0.15) is 17.3 Å². The Morgan fingerprint density at radius 1 is 1.14 bits per heavy atom. The van der Waals surface area contributed by atoms with E-state index in [1.807, 2.05) is 18.2 Å². The second-order valence-corrected chi connectivity index (χ2v) is 10.1. The first-order valence-electron chi connectivity index (χ1n) is 13.0. The lowest BCUT2D eigenvalue weighted by Crippen LogP contribution is -2.51. The van der Waals surface area contributed by atoms with Crippen LogP contribution >= 0.6 is 0 Å². The zero-order valence-corrected chi connectivity index (χ0v) is 21.4. The zero-order valence-electron chi connectivity index (χ0n) is 21.4. The number of methoxy groups -OCH3 is 1. The van der Waals surface area contributed by atoms with Crippen molar-refractivity contribution in [3.8, 4) is 11.5 Å². The van der Waals surface area contributed by atoms with E-state index in [9.17, 15) is 19.4 Å². The Hall–Kier alpha value is -2.72. The summed E-state index contributed by atoms with van der Waals surface area (Å²) >= 11 is 0. The third-order valence-corrected chi connectivity index (χ3v) is 7.50. The number of aliphatic hydroxyl groups excluding tert-OH is 1. The van der Waals surface area contributed by atoms with Gasteiger partial charge in [-0.15, -0.1) is 0 Å². The number of hydrogen-bond acceptors (Lipinski definition) is 6. The summed E-state index contributed by atoms with van der Waals surface area (Å²) in [6, 6.07) is 12.6. The van der Waals surface area contributed by atoms with Crippen molar-refractivity contribution in [1.82, 2.24) is 9.80 Å². The summed E-state index contributed by atoms with van der Waals surface area (Å²) in [5, 5.41) is 22.4. The number of nitrogens with zero attached hydrogens (tertiary/aromatic N) is 2. The molecule has 2 heterocycles. The fraction of sp³-hybridized carbons (Fsp3) is 0.536. The topological polar surface area (TPSA) is 108 Å². The van der Waals surface area contributed by atoms with Crippen molar-refractivity contribution >= 4 is 6.03 Å². The van der Waals surface area contributed by atoms with Gasteiger partial charge in [0.25, 0.3) is 0 Å². The number of nitrogens with two attached hydrogens (primary N) is 1. The van der Waals surface area contributed by atoms with Crippen molar-refractivity contribution in [2.45, 2.75) is 49.9 Å². The maximum Gasteiger partial charge on any atom is 0.320 e. The fourth-order valence-corrected chi connectivity index (χ4v) is 5.48. The van der Waals surface area contributed by atoms with Crippen LogP contribution in [0.15, 0.2) is 48.5 Å². The summed E-state index contributed by atoms with van der Waals surface area (Å²) in [5.74, 6) is 0.155. The summed E-state index contributed by atoms with van der Waals surface area (Å²) in [5.41, 5.74) is 5.27. The molecule has 1 unspecified atom stereocenters. The number of carbonyl (C=O) groups excluding carboxylic acids is 1. The second kappa shape index (κ2) is 12.2. The minimum Gasteiger partial charge on any atom is -0.457 e. The third-order valence-electron chi connectivity index (χ3n) is 7.50. The van der Waals surface area contributed by atoms with Gasteiger partial charge in [-0.1, -0.05) is 24.3 Å². The second-order valence-electron chi connectivity index (χ2n) is 10.1. The number of hydrogen-bond donors (Lipinski definition) is 3. The number of carbonyl (C=O) groups is 1. The average molecular weight is 516 g/mol. The molecule has 8 nitrogen and oxygen atoms in total. The van der Waals surface area contributed by atoms with E-state index >= 15 is 0 Å². The molecule has 0 saturated carbocycles. The molecule has 202 valence electrons. The molecule has 2 aliphatic heterocycles. The fourth-order valence-electron chi connectivity index (χ4n) is 5.48. The first-order chi connectivity index (χ1) is 17.8. The van der Waals surface area contributed by atoms with Gasteiger partial charge >= 0.3 is 6.03 Å². The number of halogens is 1. The molecule has 0 radical (unpaired) electrons. The van der Waals surface area contributed by atoms with Gasteiger partial charge in [-0.3, -0.25) is 0 Å². The van der Waals surface area contributed by atoms with Gasteiger partial charge in [0.15, 0.2) is 0 Å². The standard InChI is InChI=1S/C28H38FN3O5/c1-36-15-5-4-13-28(35,23-11-2-3-12-26(23)37-22-10-6-9-21(29)16-22)20-8-7-14-31(17-20)27(34)32-18-24(30)25(33)19-32/h2-3,6,9-12,16,20,24-25,33,35H,4-5,7-8,13-15,17-19,30H2,1H3/t20?,24-,25+,28+/m1/s1. The number of benzene rings is 2. The number of likely N-dealkylation sites (tertiary alicyclic amines) is 2. The number of aliphatic hydroxyl groups is 2. The Morgan fingerprint density at radius 2 is 1.95 bits per heavy atom. The minimum absolute atomic E-state index is 0.164. The Balaban J connectivity index is 1.60. The molecule has 4 atom stereocenters. The Morgan fingerprint density at radius 3 is 2.68 bits per heavy atom. The van der Waals surface area contributed by atoms with E-state index in [1.165, 1.54) is 12.1 Å². The van der Waals surface area contributed by atoms with Gasteiger partial charge in [-0.05, 0) is 50.3 Å². The van der Waals surface area contributed by atoms with E-state index in [2.05, 4.69) is 0 Å². The van der Waals surface area contributed by atoms with Gasteiger partial charge in [0.2, 0.25) is 0 Å². The van der Waals surface area contributed by atoms with E-state index in [0.717, 1.165) is 25.7 Å². The van der Waals surface area contributed by atoms with Crippen molar-refractivity contribution in [3.63, 3.8) is 0 Å². The Labute approximate surface area is 217 Å². The molecule has 0 aromatic heterocycles. The van der Waals surface area contributed by atoms with Crippen LogP contribution in [-0.2, 0) is 10.3 Å². The molecule has 2 aliphatic rings. The number of piperidine rings is 1. The van der Waals surface area contributed by atoms with E-state index in [-0.39, 0.29) is 18.5 Å². The molecule has 2 amide bonds. The normalized spacial score (nSPS) is 23.6. The minimum atomic E-state index is -1.28. The molecular formula is C28H38FN3O5. The van der Waals surface area contributed by atoms with Crippen LogP contribution < -0.4 is 10.5 Å². The SMILES string of the molecule is COCCCC[C@@](O)(c1ccccc1Oc1cccc(F)c1)C1CCCN(C(=O)N2C[C@@H](N)[C@@H](O)C2)C1. The Kier molecular flexibility index (Phi) is 9.02. The summed E-state index contributed by atoms with van der Waals surface area (Å²) in [7, 11) is 1.65. The van der Waals surface area contributed by atoms with Gasteiger partial charge < -0.3 is 35.2 Å². The number of urea groups is 1. The van der Waals surface area contributed by atoms with Gasteiger partial charge in [0, 0.05) is 63.5 Å². The predicted molar refractivity (Wildman–Crippen MR) is 138 cm³/mol. The lowest BCUT2D eigenvalue weighted by Gasteiger charge is -2.44. The van der Waals surface area contributed by atoms with Crippen LogP contribution in [0.2, 0.25) is 0 Å². The van der Waals surface area contributed by atoms with E-state index in [0.29, 0.717) is 49.7 Å². The van der Waals surface area contributed by atoms with Crippen molar-refractivity contribution < 1.29 is 28.9 Å². The Bertz CT molecular complexity index is 1050. The van der Waals surface area contributed by atoms with Crippen molar-refractivity contribution in [2.75, 3.05) is 39.9 Å². The molecule has 2 aromatic carbocycles. The number of rotatable bonds is 9.